The Hall–Kier alpha value is -13.0. The first-order valence-electron chi connectivity index (χ1n) is 44.5. The second-order valence-electron chi connectivity index (χ2n) is 34.1. The van der Waals surface area contributed by atoms with E-state index in [0.717, 1.165) is 14.7 Å². The number of amides is 17. The molecule has 5 heterocycles. The van der Waals surface area contributed by atoms with Gasteiger partial charge in [-0.05, 0) is 112 Å². The Balaban J connectivity index is 1.01. The first-order chi connectivity index (χ1) is 62.8. The molecule has 2 fully saturated rings. The minimum atomic E-state index is -1.67. The smallest absolute Gasteiger partial charge is 0.246 e. The van der Waals surface area contributed by atoms with Crippen LogP contribution in [0.2, 0.25) is 0 Å². The van der Waals surface area contributed by atoms with Gasteiger partial charge in [-0.15, -0.1) is 0 Å². The summed E-state index contributed by atoms with van der Waals surface area (Å²) in [4.78, 5) is 261. The first kappa shape index (κ1) is 104. The number of aromatic nitrogens is 4. The highest BCUT2D eigenvalue weighted by atomic mass is 32.2. The number of hydrogen-bond acceptors (Lipinski definition) is 22. The Morgan fingerprint density at radius 1 is 0.545 bits per heavy atom. The predicted molar refractivity (Wildman–Crippen MR) is 490 cm³/mol. The number of nitrogens with zero attached hydrogens (tertiary/aromatic N) is 6. The van der Waals surface area contributed by atoms with E-state index in [0.29, 0.717) is 69.9 Å². The summed E-state index contributed by atoms with van der Waals surface area (Å²) in [6, 6.07) is 0.907. The molecule has 132 heavy (non-hydrogen) atoms. The topological polar surface area (TPSA) is 605 Å². The van der Waals surface area contributed by atoms with Crippen molar-refractivity contribution in [3.63, 3.8) is 0 Å². The summed E-state index contributed by atoms with van der Waals surface area (Å²) in [6.45, 7) is 10.1. The fourth-order valence-electron chi connectivity index (χ4n) is 16.3. The molecule has 21 N–H and O–H groups in total. The van der Waals surface area contributed by atoms with Gasteiger partial charge in [0.05, 0.1) is 25.4 Å². The van der Waals surface area contributed by atoms with Crippen LogP contribution in [0.25, 0.3) is 21.8 Å². The highest BCUT2D eigenvalue weighted by Gasteiger charge is 2.47. The monoisotopic (exact) mass is 1850 g/mol. The number of phenols is 1. The van der Waals surface area contributed by atoms with E-state index in [9.17, 15) is 58.2 Å². The SMILES string of the molecule is CCCC[C@@H](C(=O)N(C)[C@@H](CCCC)C(=O)N[C@@H](C)C(=O)N[C@@H](CSC)C(=O)NCC(N)=O)N(C)C(=O)[C@H](Cc1c[nH]c2ccccc12)NC(=O)[C@H](CCN)NC(=O)[C@H](Cc1c[nH]c2ccccc12)NC(=O)[C@@H]1C[C@@H](O)CN1C(=O)[C@H](CC(C)C)NC(=O)[C@H](Cc1cnc[nH]1)NC(=O)[C@@H]1CCCN1C(=O)[C@H](CC(N)=O)NC(=O)[C@H](C)N(C)C(=O)[C@H](Cc1ccc(O)cc1)NC(C)=O. The maximum atomic E-state index is 15.6. The van der Waals surface area contributed by atoms with Crippen LogP contribution in [-0.2, 0) is 107 Å². The Labute approximate surface area is 769 Å². The van der Waals surface area contributed by atoms with E-state index in [1.165, 1.54) is 88.1 Å². The van der Waals surface area contributed by atoms with Crippen molar-refractivity contribution in [2.24, 2.45) is 23.1 Å². The number of nitrogens with one attached hydrogen (secondary N) is 13. The number of primary amides is 2. The van der Waals surface area contributed by atoms with Crippen molar-refractivity contribution < 1.29 is 91.7 Å². The Morgan fingerprint density at radius 3 is 1.64 bits per heavy atom. The molecule has 0 aliphatic carbocycles. The van der Waals surface area contributed by atoms with Gasteiger partial charge in [0.2, 0.25) is 100 Å². The highest BCUT2D eigenvalue weighted by molar-refractivity contribution is 7.98. The second kappa shape index (κ2) is 49.9. The van der Waals surface area contributed by atoms with Crippen molar-refractivity contribution >= 4 is 134 Å². The number of aliphatic hydroxyl groups excluding tert-OH is 1. The van der Waals surface area contributed by atoms with Crippen LogP contribution in [0.15, 0.2) is 97.7 Å². The minimum Gasteiger partial charge on any atom is -0.508 e. The summed E-state index contributed by atoms with van der Waals surface area (Å²) >= 11 is 1.24. The number of rotatable bonds is 50. The summed E-state index contributed by atoms with van der Waals surface area (Å²) in [7, 11) is 4.13. The minimum absolute atomic E-state index is 0.0291. The molecule has 42 heteroatoms. The standard InChI is InChI=1S/C90H128N22O19S/c1-12-14-25-71(83(124)99-50(5)77(118)107-70(47-132-11)79(120)97-45-76(93)117)109(9)90(131)73(26-15-13-2)110(10)87(128)68(38-55-43-96-62-24-19-17-22-60(55)62)106-80(121)63(32-33-91)101-81(122)64(37-54-42-95-61-23-18-16-21-59(54)61)102-85(126)74-40-58(115)46-112(74)89(130)66(35-49(3)4)105-82(123)65(39-56-44-94-48-98-56)103-84(125)72-27-20-34-111(72)88(129)69(41-75(92)116)104-78(119)51(6)108(8)86(127)67(100-52(7)113)36-53-28-30-57(114)31-29-53/h16-19,21-24,28-31,42-44,48-51,58,63-74,95-96,114-115H,12-15,20,25-27,32-41,45-47,91H2,1-11H3,(H2,92,116)(H2,93,117)(H,94,98)(H,97,120)(H,99,124)(H,100,113)(H,101,122)(H,102,126)(H,103,125)(H,104,119)(H,105,123)(H,106,121)(H,107,118)/t50-,51-,58+,63-,64-,65-,66-,67-,68-,69-,70-,71-,72-,73-,74-/m0/s1. The number of β-amino-alcohol motifs (C(OH)–C–C–N with tert-alkyl or cyclic N) is 1. The molecule has 15 atom stereocenters. The summed E-state index contributed by atoms with van der Waals surface area (Å²) in [5, 5.41) is 49.5. The zero-order chi connectivity index (χ0) is 96.9. The zero-order valence-corrected chi connectivity index (χ0v) is 77.3. The number of aliphatic hydroxyl groups is 1. The van der Waals surface area contributed by atoms with Crippen molar-refractivity contribution in [1.29, 1.82) is 0 Å². The van der Waals surface area contributed by atoms with Crippen molar-refractivity contribution in [2.45, 2.75) is 242 Å². The summed E-state index contributed by atoms with van der Waals surface area (Å²) in [5.41, 5.74) is 20.5. The van der Waals surface area contributed by atoms with Gasteiger partial charge in [-0.25, -0.2) is 4.98 Å². The van der Waals surface area contributed by atoms with Crippen LogP contribution in [0.1, 0.15) is 148 Å². The molecule has 2 aliphatic rings. The quantitative estimate of drug-likeness (QED) is 0.0214. The molecule has 0 saturated carbocycles. The molecule has 3 aromatic carbocycles. The van der Waals surface area contributed by atoms with Crippen LogP contribution < -0.4 is 70.4 Å². The van der Waals surface area contributed by atoms with E-state index in [-0.39, 0.29) is 101 Å². The number of aromatic amines is 3. The molecule has 3 aromatic heterocycles. The lowest BCUT2D eigenvalue weighted by atomic mass is 9.99. The van der Waals surface area contributed by atoms with Gasteiger partial charge in [0.1, 0.15) is 90.3 Å². The third-order valence-electron chi connectivity index (χ3n) is 23.6. The molecule has 41 nitrogen and oxygen atoms in total. The lowest BCUT2D eigenvalue weighted by Crippen LogP contribution is -2.61. The maximum absolute atomic E-state index is 15.6. The molecule has 0 unspecified atom stereocenters. The number of para-hydroxylation sites is 2. The van der Waals surface area contributed by atoms with Crippen molar-refractivity contribution in [3.8, 4) is 5.75 Å². The van der Waals surface area contributed by atoms with Gasteiger partial charge in [-0.3, -0.25) is 81.5 Å². The average Bonchev–Trinajstić information content (AvgIpc) is 1.75. The first-order valence-corrected chi connectivity index (χ1v) is 45.8. The molecule has 2 saturated heterocycles. The van der Waals surface area contributed by atoms with Crippen molar-refractivity contribution in [2.75, 3.05) is 59.3 Å². The number of phenolic OH excluding ortho intramolecular Hbond substituents is 1. The number of benzene rings is 3. The van der Waals surface area contributed by atoms with Gasteiger partial charge in [0.15, 0.2) is 0 Å². The van der Waals surface area contributed by atoms with E-state index < -0.39 is 211 Å². The van der Waals surface area contributed by atoms with Gasteiger partial charge < -0.3 is 120 Å². The number of likely N-dealkylation sites (N-methyl/N-ethyl adjacent to an activating group) is 3. The molecular weight excluding hydrogens is 1730 g/mol. The van der Waals surface area contributed by atoms with Crippen LogP contribution in [0.3, 0.4) is 0 Å². The number of unbranched alkanes of at least 4 members (excludes halogenated alkanes) is 2. The van der Waals surface area contributed by atoms with E-state index in [1.807, 2.05) is 26.0 Å². The normalized spacial score (nSPS) is 16.9. The third-order valence-corrected chi connectivity index (χ3v) is 24.3. The summed E-state index contributed by atoms with van der Waals surface area (Å²) < 4.78 is 0. The number of H-pyrrole nitrogens is 3. The van der Waals surface area contributed by atoms with Gasteiger partial charge in [0, 0.05) is 125 Å². The Kier molecular flexibility index (Phi) is 39.4. The Morgan fingerprint density at radius 2 is 1.08 bits per heavy atom. The van der Waals surface area contributed by atoms with Crippen LogP contribution in [-0.4, -0.2) is 305 Å². The number of carbonyl (C=O) groups is 17. The van der Waals surface area contributed by atoms with Gasteiger partial charge in [-0.2, -0.15) is 11.8 Å². The number of fused-ring (bicyclic) bond motifs is 2. The molecule has 0 radical (unpaired) electrons. The molecule has 0 bridgehead atoms. The summed E-state index contributed by atoms with van der Waals surface area (Å²) in [5.74, 6) is -14.0. The number of hydrogen-bond donors (Lipinski definition) is 18. The predicted octanol–water partition coefficient (Wildman–Crippen LogP) is -1.18. The molecule has 2 aliphatic heterocycles. The van der Waals surface area contributed by atoms with Gasteiger partial charge in [0.25, 0.3) is 0 Å². The largest absolute Gasteiger partial charge is 0.508 e. The number of imidazole rings is 1. The lowest BCUT2D eigenvalue weighted by Gasteiger charge is -2.36. The molecule has 8 rings (SSSR count). The van der Waals surface area contributed by atoms with E-state index in [2.05, 4.69) is 73.1 Å². The van der Waals surface area contributed by atoms with Crippen molar-refractivity contribution in [3.05, 3.63) is 120 Å². The van der Waals surface area contributed by atoms with Gasteiger partial charge >= 0.3 is 0 Å². The zero-order valence-electron chi connectivity index (χ0n) is 76.5. The Bertz CT molecular complexity index is 5050. The number of nitrogens with two attached hydrogens (primary N) is 3. The fraction of sp³-hybridized carbons (Fsp3) is 0.533. The van der Waals surface area contributed by atoms with Gasteiger partial charge in [-0.1, -0.05) is 102 Å². The van der Waals surface area contributed by atoms with Crippen LogP contribution in [0, 0.1) is 5.92 Å². The summed E-state index contributed by atoms with van der Waals surface area (Å²) in [6.07, 6.45) is 6.80. The molecule has 17 amide bonds. The average molecular weight is 1850 g/mol. The number of aromatic hydroxyl groups is 1. The van der Waals surface area contributed by atoms with Crippen LogP contribution in [0.4, 0.5) is 0 Å². The highest BCUT2D eigenvalue weighted by Crippen LogP contribution is 2.28. The van der Waals surface area contributed by atoms with Crippen LogP contribution >= 0.6 is 11.8 Å². The second-order valence-corrected chi connectivity index (χ2v) is 35.0. The molecule has 6 aromatic rings. The lowest BCUT2D eigenvalue weighted by molar-refractivity contribution is -0.149. The van der Waals surface area contributed by atoms with E-state index in [1.54, 1.807) is 81.0 Å². The maximum Gasteiger partial charge on any atom is 0.246 e. The van der Waals surface area contributed by atoms with Crippen molar-refractivity contribution in [1.82, 2.24) is 97.6 Å². The fourth-order valence-corrected chi connectivity index (χ4v) is 16.8. The molecule has 718 valence electrons. The van der Waals surface area contributed by atoms with E-state index >= 15 is 33.6 Å². The van der Waals surface area contributed by atoms with E-state index in [4.69, 9.17) is 17.2 Å². The number of thioether (sulfide) groups is 1. The number of likely N-dealkylation sites (tertiary alicyclic amines) is 2. The molecule has 0 spiro atoms. The van der Waals surface area contributed by atoms with Crippen LogP contribution in [0.5, 0.6) is 5.75 Å². The third kappa shape index (κ3) is 29.0. The molecular formula is C90H128N22O19S. The number of carbonyl (C=O) groups excluding carboxylic acids is 17.